The van der Waals surface area contributed by atoms with Crippen LogP contribution < -0.4 is 0 Å². The van der Waals surface area contributed by atoms with E-state index in [2.05, 4.69) is 0 Å². The minimum absolute atomic E-state index is 0.172. The van der Waals surface area contributed by atoms with Crippen LogP contribution >= 0.6 is 46.4 Å². The monoisotopic (exact) mass is 492 g/mol. The summed E-state index contributed by atoms with van der Waals surface area (Å²) in [6.45, 7) is 0. The van der Waals surface area contributed by atoms with Gasteiger partial charge in [0.15, 0.2) is 4.75 Å². The molecule has 0 aliphatic rings. The third kappa shape index (κ3) is 3.44. The van der Waals surface area contributed by atoms with E-state index in [0.29, 0.717) is 0 Å². The van der Waals surface area contributed by atoms with Gasteiger partial charge in [0.1, 0.15) is 11.5 Å². The first kappa shape index (κ1) is 22.0. The fraction of sp³-hybridized carbons (Fsp3) is 0.0526. The first-order valence-corrected chi connectivity index (χ1v) is 10.9. The van der Waals surface area contributed by atoms with Crippen molar-refractivity contribution in [3.63, 3.8) is 0 Å². The summed E-state index contributed by atoms with van der Waals surface area (Å²) < 4.78 is 33.9. The number of rotatable bonds is 4. The van der Waals surface area contributed by atoms with E-state index in [9.17, 15) is 23.2 Å². The van der Waals surface area contributed by atoms with Gasteiger partial charge in [-0.3, -0.25) is 4.55 Å². The molecule has 29 heavy (non-hydrogen) atoms. The van der Waals surface area contributed by atoms with Crippen LogP contribution in [-0.4, -0.2) is 23.2 Å². The van der Waals surface area contributed by atoms with Crippen molar-refractivity contribution in [2.45, 2.75) is 4.75 Å². The Hall–Kier alpha value is -1.67. The molecule has 0 amide bonds. The summed E-state index contributed by atoms with van der Waals surface area (Å²) in [5, 5.41) is 20.4. The van der Waals surface area contributed by atoms with E-state index in [1.807, 2.05) is 0 Å². The summed E-state index contributed by atoms with van der Waals surface area (Å²) in [5.74, 6) is -1.32. The summed E-state index contributed by atoms with van der Waals surface area (Å²) in [5.41, 5.74) is -1.28. The Morgan fingerprint density at radius 3 is 1.24 bits per heavy atom. The predicted octanol–water partition coefficient (Wildman–Crippen LogP) is 5.89. The average Bonchev–Trinajstić information content (AvgIpc) is 2.59. The van der Waals surface area contributed by atoms with E-state index >= 15 is 0 Å². The van der Waals surface area contributed by atoms with Gasteiger partial charge in [-0.15, -0.1) is 0 Å². The third-order valence-electron chi connectivity index (χ3n) is 4.39. The number of aromatic hydroxyl groups is 2. The molecule has 0 atom stereocenters. The molecule has 0 saturated heterocycles. The van der Waals surface area contributed by atoms with Gasteiger partial charge in [0.25, 0.3) is 10.1 Å². The highest BCUT2D eigenvalue weighted by molar-refractivity contribution is 7.87. The SMILES string of the molecule is O=S(=O)(O)C(c1c(O)cccc1O)(c1c(Cl)cccc1Cl)c1c(Cl)cccc1Cl. The Morgan fingerprint density at radius 2 is 0.931 bits per heavy atom. The van der Waals surface area contributed by atoms with Crippen LogP contribution in [0.1, 0.15) is 16.7 Å². The van der Waals surface area contributed by atoms with Gasteiger partial charge in [0.2, 0.25) is 0 Å². The summed E-state index contributed by atoms with van der Waals surface area (Å²) in [7, 11) is -5.28. The largest absolute Gasteiger partial charge is 0.507 e. The second kappa shape index (κ2) is 7.87. The van der Waals surface area contributed by atoms with Gasteiger partial charge in [0, 0.05) is 31.2 Å². The van der Waals surface area contributed by atoms with Crippen molar-refractivity contribution >= 4 is 56.5 Å². The van der Waals surface area contributed by atoms with Gasteiger partial charge < -0.3 is 10.2 Å². The maximum absolute atomic E-state index is 13.1. The number of phenols is 2. The van der Waals surface area contributed by atoms with Crippen molar-refractivity contribution in [2.75, 3.05) is 0 Å². The zero-order valence-corrected chi connectivity index (χ0v) is 18.1. The average molecular weight is 494 g/mol. The molecular weight excluding hydrogens is 482 g/mol. The zero-order valence-electron chi connectivity index (χ0n) is 14.3. The Morgan fingerprint density at radius 1 is 0.621 bits per heavy atom. The molecule has 3 aromatic rings. The Labute approximate surface area is 186 Å². The van der Waals surface area contributed by atoms with E-state index in [-0.39, 0.29) is 31.2 Å². The van der Waals surface area contributed by atoms with Crippen molar-refractivity contribution in [3.05, 3.63) is 91.4 Å². The van der Waals surface area contributed by atoms with E-state index in [1.54, 1.807) is 0 Å². The van der Waals surface area contributed by atoms with Crippen LogP contribution in [0, 0.1) is 0 Å². The van der Waals surface area contributed by atoms with Gasteiger partial charge in [-0.05, 0) is 36.4 Å². The van der Waals surface area contributed by atoms with Crippen LogP contribution in [0.5, 0.6) is 11.5 Å². The zero-order chi connectivity index (χ0) is 21.6. The fourth-order valence-corrected chi connectivity index (χ4v) is 6.33. The van der Waals surface area contributed by atoms with E-state index in [1.165, 1.54) is 42.5 Å². The molecule has 0 aliphatic carbocycles. The minimum Gasteiger partial charge on any atom is -0.507 e. The highest BCUT2D eigenvalue weighted by atomic mass is 35.5. The lowest BCUT2D eigenvalue weighted by Crippen LogP contribution is -2.39. The van der Waals surface area contributed by atoms with Crippen LogP contribution in [0.3, 0.4) is 0 Å². The fourth-order valence-electron chi connectivity index (χ4n) is 3.32. The lowest BCUT2D eigenvalue weighted by molar-refractivity contribution is 0.416. The van der Waals surface area contributed by atoms with Crippen molar-refractivity contribution in [1.29, 1.82) is 0 Å². The van der Waals surface area contributed by atoms with Crippen LogP contribution in [-0.2, 0) is 14.9 Å². The smallest absolute Gasteiger partial charge is 0.284 e. The molecule has 0 heterocycles. The predicted molar refractivity (Wildman–Crippen MR) is 114 cm³/mol. The van der Waals surface area contributed by atoms with Crippen LogP contribution in [0.2, 0.25) is 20.1 Å². The Kier molecular flexibility index (Phi) is 5.98. The van der Waals surface area contributed by atoms with Crippen molar-refractivity contribution in [1.82, 2.24) is 0 Å². The van der Waals surface area contributed by atoms with Crippen LogP contribution in [0.4, 0.5) is 0 Å². The summed E-state index contributed by atoms with van der Waals surface area (Å²) in [6, 6.07) is 11.8. The quantitative estimate of drug-likeness (QED) is 0.311. The highest BCUT2D eigenvalue weighted by Gasteiger charge is 2.55. The molecule has 0 radical (unpaired) electrons. The number of hydrogen-bond donors (Lipinski definition) is 3. The molecule has 0 aromatic heterocycles. The summed E-state index contributed by atoms with van der Waals surface area (Å²) in [4.78, 5) is 0. The van der Waals surface area contributed by atoms with Crippen LogP contribution in [0.25, 0.3) is 0 Å². The number of phenolic OH excluding ortho intramolecular Hbond substituents is 2. The molecule has 5 nitrogen and oxygen atoms in total. The molecule has 0 bridgehead atoms. The molecule has 3 rings (SSSR count). The van der Waals surface area contributed by atoms with Gasteiger partial charge in [-0.1, -0.05) is 64.6 Å². The molecule has 0 aliphatic heterocycles. The molecule has 0 saturated carbocycles. The Balaban J connectivity index is 2.76. The first-order chi connectivity index (χ1) is 13.5. The van der Waals surface area contributed by atoms with E-state index < -0.39 is 31.9 Å². The molecule has 10 heteroatoms. The van der Waals surface area contributed by atoms with Crippen molar-refractivity contribution in [2.24, 2.45) is 0 Å². The van der Waals surface area contributed by atoms with Crippen molar-refractivity contribution in [3.8, 4) is 11.5 Å². The topological polar surface area (TPSA) is 94.8 Å². The standard InChI is InChI=1S/C19H12Cl4O5S/c20-10-4-1-5-11(21)16(10)19(29(26,27)28,17-12(22)6-2-7-13(17)23)18-14(24)8-3-9-15(18)25/h1-9,24-25H,(H,26,27,28). The molecule has 0 unspecified atom stereocenters. The molecule has 152 valence electrons. The van der Waals surface area contributed by atoms with Gasteiger partial charge in [-0.25, -0.2) is 0 Å². The van der Waals surface area contributed by atoms with E-state index in [0.717, 1.165) is 12.1 Å². The molecule has 0 fully saturated rings. The number of hydrogen-bond acceptors (Lipinski definition) is 4. The first-order valence-electron chi connectivity index (χ1n) is 7.91. The maximum Gasteiger partial charge on any atom is 0.284 e. The maximum atomic E-state index is 13.1. The lowest BCUT2D eigenvalue weighted by atomic mass is 9.82. The summed E-state index contributed by atoms with van der Waals surface area (Å²) >= 11 is 25.3. The summed E-state index contributed by atoms with van der Waals surface area (Å²) in [6.07, 6.45) is 0. The second-order valence-electron chi connectivity index (χ2n) is 6.02. The Bertz CT molecular complexity index is 1030. The second-order valence-corrected chi connectivity index (χ2v) is 9.21. The molecule has 3 aromatic carbocycles. The van der Waals surface area contributed by atoms with Gasteiger partial charge >= 0.3 is 0 Å². The van der Waals surface area contributed by atoms with Gasteiger partial charge in [-0.2, -0.15) is 8.42 Å². The van der Waals surface area contributed by atoms with Crippen LogP contribution in [0.15, 0.2) is 54.6 Å². The highest BCUT2D eigenvalue weighted by Crippen LogP contribution is 2.56. The van der Waals surface area contributed by atoms with E-state index in [4.69, 9.17) is 46.4 Å². The number of benzene rings is 3. The molecular formula is C19H12Cl4O5S. The lowest BCUT2D eigenvalue weighted by Gasteiger charge is -2.35. The van der Waals surface area contributed by atoms with Gasteiger partial charge in [0.05, 0.1) is 5.56 Å². The number of halogens is 4. The normalized spacial score (nSPS) is 12.2. The third-order valence-corrected chi connectivity index (χ3v) is 7.04. The van der Waals surface area contributed by atoms with Crippen molar-refractivity contribution < 1.29 is 23.2 Å². The molecule has 0 spiro atoms. The molecule has 3 N–H and O–H groups in total. The minimum atomic E-state index is -5.28.